The van der Waals surface area contributed by atoms with Gasteiger partial charge < -0.3 is 24.8 Å². The number of hydrogen-bond donors (Lipinski definition) is 3. The minimum Gasteiger partial charge on any atom is -0.472 e. The maximum Gasteiger partial charge on any atom is 0.205 e. The van der Waals surface area contributed by atoms with E-state index in [0.29, 0.717) is 0 Å². The number of rotatable bonds is 0. The van der Waals surface area contributed by atoms with Crippen molar-refractivity contribution in [3.05, 3.63) is 12.3 Å². The van der Waals surface area contributed by atoms with E-state index < -0.39 is 35.6 Å². The highest BCUT2D eigenvalue weighted by atomic mass is 16.6. The lowest BCUT2D eigenvalue weighted by Crippen LogP contribution is -2.53. The van der Waals surface area contributed by atoms with Gasteiger partial charge in [-0.05, 0) is 13.0 Å². The van der Waals surface area contributed by atoms with Crippen molar-refractivity contribution in [2.24, 2.45) is 5.92 Å². The summed E-state index contributed by atoms with van der Waals surface area (Å²) in [6, 6.07) is 0. The second-order valence-corrected chi connectivity index (χ2v) is 4.36. The largest absolute Gasteiger partial charge is 0.472 e. The average molecular weight is 200 g/mol. The molecular formula is C9H12O5. The number of aliphatic hydroxyl groups is 3. The van der Waals surface area contributed by atoms with Crippen LogP contribution in [-0.4, -0.2) is 45.0 Å². The minimum absolute atomic E-state index is 0.404. The summed E-state index contributed by atoms with van der Waals surface area (Å²) in [6.45, 7) is 1.76. The zero-order valence-corrected chi connectivity index (χ0v) is 7.62. The predicted octanol–water partition coefficient (Wildman–Crippen LogP) is -1.27. The molecule has 3 rings (SSSR count). The summed E-state index contributed by atoms with van der Waals surface area (Å²) in [7, 11) is 0. The van der Waals surface area contributed by atoms with Gasteiger partial charge in [0.15, 0.2) is 0 Å². The fourth-order valence-electron chi connectivity index (χ4n) is 2.77. The zero-order chi connectivity index (χ0) is 10.1. The molecule has 1 saturated heterocycles. The molecule has 3 aliphatic rings. The maximum atomic E-state index is 10.2. The van der Waals surface area contributed by atoms with Crippen molar-refractivity contribution >= 4 is 0 Å². The number of fused-ring (bicyclic) bond motifs is 3. The van der Waals surface area contributed by atoms with Gasteiger partial charge in [-0.25, -0.2) is 0 Å². The van der Waals surface area contributed by atoms with Crippen molar-refractivity contribution in [1.82, 2.24) is 0 Å². The third kappa shape index (κ3) is 0.716. The summed E-state index contributed by atoms with van der Waals surface area (Å²) >= 11 is 0. The summed E-state index contributed by atoms with van der Waals surface area (Å²) < 4.78 is 10.2. The molecule has 2 fully saturated rings. The van der Waals surface area contributed by atoms with Crippen LogP contribution < -0.4 is 0 Å². The van der Waals surface area contributed by atoms with Gasteiger partial charge in [-0.15, -0.1) is 0 Å². The van der Waals surface area contributed by atoms with Crippen LogP contribution in [0.25, 0.3) is 0 Å². The van der Waals surface area contributed by atoms with Crippen LogP contribution in [0.5, 0.6) is 0 Å². The van der Waals surface area contributed by atoms with E-state index >= 15 is 0 Å². The third-order valence-corrected chi connectivity index (χ3v) is 3.60. The van der Waals surface area contributed by atoms with E-state index in [9.17, 15) is 15.3 Å². The molecule has 3 N–H and O–H groups in total. The van der Waals surface area contributed by atoms with Crippen LogP contribution in [0.4, 0.5) is 0 Å². The Hall–Kier alpha value is -0.620. The Morgan fingerprint density at radius 1 is 1.36 bits per heavy atom. The van der Waals surface area contributed by atoms with Gasteiger partial charge in [-0.1, -0.05) is 0 Å². The van der Waals surface area contributed by atoms with E-state index in [1.54, 1.807) is 6.92 Å². The Kier molecular flexibility index (Phi) is 1.32. The molecule has 6 unspecified atom stereocenters. The first kappa shape index (κ1) is 8.67. The van der Waals surface area contributed by atoms with Crippen molar-refractivity contribution < 1.29 is 24.8 Å². The number of hydrogen-bond acceptors (Lipinski definition) is 5. The highest BCUT2D eigenvalue weighted by Crippen LogP contribution is 2.60. The van der Waals surface area contributed by atoms with Gasteiger partial charge in [0.1, 0.15) is 23.4 Å². The van der Waals surface area contributed by atoms with Crippen LogP contribution in [0.3, 0.4) is 0 Å². The molecule has 1 saturated carbocycles. The fraction of sp³-hybridized carbons (Fsp3) is 0.778. The molecule has 5 nitrogen and oxygen atoms in total. The lowest BCUT2D eigenvalue weighted by atomic mass is 9.82. The van der Waals surface area contributed by atoms with Crippen molar-refractivity contribution in [1.29, 1.82) is 0 Å². The van der Waals surface area contributed by atoms with E-state index in [-0.39, 0.29) is 0 Å². The molecule has 0 aromatic carbocycles. The topological polar surface area (TPSA) is 82.5 Å². The second-order valence-electron chi connectivity index (χ2n) is 4.36. The molecule has 1 aliphatic carbocycles. The number of epoxide rings is 1. The summed E-state index contributed by atoms with van der Waals surface area (Å²) in [5.74, 6) is -0.625. The van der Waals surface area contributed by atoms with E-state index in [0.717, 1.165) is 0 Å². The molecule has 0 aromatic heterocycles. The van der Waals surface area contributed by atoms with Crippen LogP contribution in [0.15, 0.2) is 12.3 Å². The Labute approximate surface area is 80.6 Å². The van der Waals surface area contributed by atoms with Crippen LogP contribution in [0.1, 0.15) is 6.92 Å². The Morgan fingerprint density at radius 3 is 2.71 bits per heavy atom. The van der Waals surface area contributed by atoms with Crippen molar-refractivity contribution in [3.63, 3.8) is 0 Å². The molecule has 0 radical (unpaired) electrons. The van der Waals surface area contributed by atoms with Gasteiger partial charge >= 0.3 is 0 Å². The van der Waals surface area contributed by atoms with Gasteiger partial charge in [0.25, 0.3) is 0 Å². The minimum atomic E-state index is -1.42. The SMILES string of the molecule is CC12OC1C(O)C1(O)C=COC(O)C12. The Bertz CT molecular complexity index is 316. The Morgan fingerprint density at radius 2 is 2.07 bits per heavy atom. The van der Waals surface area contributed by atoms with Gasteiger partial charge in [-0.3, -0.25) is 0 Å². The monoisotopic (exact) mass is 200 g/mol. The van der Waals surface area contributed by atoms with E-state index in [1.165, 1.54) is 12.3 Å². The first-order valence-electron chi connectivity index (χ1n) is 4.59. The smallest absolute Gasteiger partial charge is 0.205 e. The molecule has 0 aromatic rings. The maximum absolute atomic E-state index is 10.2. The molecule has 14 heavy (non-hydrogen) atoms. The molecule has 0 amide bonds. The normalized spacial score (nSPS) is 64.3. The van der Waals surface area contributed by atoms with Crippen molar-refractivity contribution in [2.45, 2.75) is 36.6 Å². The molecule has 2 heterocycles. The van der Waals surface area contributed by atoms with Gasteiger partial charge in [-0.2, -0.15) is 0 Å². The summed E-state index contributed by atoms with van der Waals surface area (Å²) in [5.41, 5.74) is -2.09. The fourth-order valence-corrected chi connectivity index (χ4v) is 2.77. The van der Waals surface area contributed by atoms with Crippen LogP contribution in [0, 0.1) is 5.92 Å². The molecule has 78 valence electrons. The molecule has 6 atom stereocenters. The Balaban J connectivity index is 2.08. The molecule has 0 spiro atoms. The summed E-state index contributed by atoms with van der Waals surface area (Å²) in [6.07, 6.45) is 0.0804. The third-order valence-electron chi connectivity index (χ3n) is 3.60. The first-order chi connectivity index (χ1) is 6.50. The van der Waals surface area contributed by atoms with Gasteiger partial charge in [0, 0.05) is 0 Å². The average Bonchev–Trinajstić information content (AvgIpc) is 2.72. The van der Waals surface area contributed by atoms with E-state index in [2.05, 4.69) is 0 Å². The number of aliphatic hydroxyl groups excluding tert-OH is 2. The van der Waals surface area contributed by atoms with Gasteiger partial charge in [0.2, 0.25) is 6.29 Å². The summed E-state index contributed by atoms with van der Waals surface area (Å²) in [5, 5.41) is 29.5. The second kappa shape index (κ2) is 2.14. The molecule has 5 heteroatoms. The van der Waals surface area contributed by atoms with Crippen LogP contribution in [-0.2, 0) is 9.47 Å². The van der Waals surface area contributed by atoms with E-state index in [1.807, 2.05) is 0 Å². The lowest BCUT2D eigenvalue weighted by molar-refractivity contribution is -0.200. The molecule has 0 bridgehead atoms. The highest BCUT2D eigenvalue weighted by Gasteiger charge is 2.78. The quantitative estimate of drug-likeness (QED) is 0.425. The van der Waals surface area contributed by atoms with Gasteiger partial charge in [0.05, 0.1) is 12.2 Å². The predicted molar refractivity (Wildman–Crippen MR) is 44.0 cm³/mol. The molecule has 2 aliphatic heterocycles. The molecular weight excluding hydrogens is 188 g/mol. The van der Waals surface area contributed by atoms with Crippen molar-refractivity contribution in [3.8, 4) is 0 Å². The van der Waals surface area contributed by atoms with Crippen LogP contribution in [0.2, 0.25) is 0 Å². The standard InChI is InChI=1S/C9H12O5/c1-8-4-7(11)13-3-2-9(4,12)5(10)6(8)14-8/h2-7,10-12H,1H3. The highest BCUT2D eigenvalue weighted by molar-refractivity contribution is 5.30. The zero-order valence-electron chi connectivity index (χ0n) is 7.62. The first-order valence-corrected chi connectivity index (χ1v) is 4.59. The van der Waals surface area contributed by atoms with Crippen molar-refractivity contribution in [2.75, 3.05) is 0 Å². The number of ether oxygens (including phenoxy) is 2. The van der Waals surface area contributed by atoms with Crippen LogP contribution >= 0.6 is 0 Å². The van der Waals surface area contributed by atoms with E-state index in [4.69, 9.17) is 9.47 Å². The summed E-state index contributed by atoms with van der Waals surface area (Å²) in [4.78, 5) is 0. The lowest BCUT2D eigenvalue weighted by Gasteiger charge is -2.38.